The van der Waals surface area contributed by atoms with Crippen molar-refractivity contribution in [3.63, 3.8) is 0 Å². The molecule has 5 fully saturated rings. The van der Waals surface area contributed by atoms with Crippen molar-refractivity contribution in [1.82, 2.24) is 24.8 Å². The molecule has 4 heterocycles. The van der Waals surface area contributed by atoms with Crippen LogP contribution in [-0.2, 0) is 9.53 Å². The second-order valence-corrected chi connectivity index (χ2v) is 12.3. The third-order valence-corrected chi connectivity index (χ3v) is 10.00. The largest absolute Gasteiger partial charge is 0.469 e. The van der Waals surface area contributed by atoms with Gasteiger partial charge in [-0.2, -0.15) is 0 Å². The maximum absolute atomic E-state index is 13.0. The monoisotopic (exact) mass is 492 g/mol. The molecule has 0 aromatic carbocycles. The van der Waals surface area contributed by atoms with E-state index in [1.54, 1.807) is 4.52 Å². The van der Waals surface area contributed by atoms with Crippen LogP contribution in [0.5, 0.6) is 0 Å². The summed E-state index contributed by atoms with van der Waals surface area (Å²) in [5.41, 5.74) is 3.27. The summed E-state index contributed by atoms with van der Waals surface area (Å²) in [6, 6.07) is 2.94. The van der Waals surface area contributed by atoms with Gasteiger partial charge in [-0.25, -0.2) is 9.50 Å². The van der Waals surface area contributed by atoms with Crippen LogP contribution in [0.3, 0.4) is 0 Å². The highest BCUT2D eigenvalue weighted by Crippen LogP contribution is 2.61. The summed E-state index contributed by atoms with van der Waals surface area (Å²) in [6.45, 7) is 8.49. The lowest BCUT2D eigenvalue weighted by Crippen LogP contribution is -2.65. The molecule has 7 rings (SSSR count). The zero-order chi connectivity index (χ0) is 24.8. The molecule has 2 saturated heterocycles. The molecule has 2 aromatic heterocycles. The number of hydrogen-bond acceptors (Lipinski definition) is 7. The number of nitrogens with zero attached hydrogens (tertiary/aromatic N) is 5. The van der Waals surface area contributed by atoms with Gasteiger partial charge in [0.2, 0.25) is 5.82 Å². The Labute approximate surface area is 211 Å². The molecule has 36 heavy (non-hydrogen) atoms. The number of piperidine rings is 1. The Morgan fingerprint density at radius 3 is 2.58 bits per heavy atom. The van der Waals surface area contributed by atoms with Crippen LogP contribution in [0.2, 0.25) is 0 Å². The average Bonchev–Trinajstić information content (AvgIpc) is 3.23. The summed E-state index contributed by atoms with van der Waals surface area (Å²) in [5.74, 6) is 1.86. The predicted octanol–water partition coefficient (Wildman–Crippen LogP) is 2.28. The number of pyridine rings is 1. The minimum atomic E-state index is -0.173. The third kappa shape index (κ3) is 3.38. The van der Waals surface area contributed by atoms with E-state index in [-0.39, 0.29) is 29.7 Å². The molecule has 1 spiro atoms. The summed E-state index contributed by atoms with van der Waals surface area (Å²) >= 11 is 0. The number of amides is 1. The lowest BCUT2D eigenvalue weighted by Gasteiger charge is -2.62. The highest BCUT2D eigenvalue weighted by molar-refractivity contribution is 5.91. The number of fused-ring (bicyclic) bond motifs is 2. The minimum absolute atomic E-state index is 0.0305. The highest BCUT2D eigenvalue weighted by Gasteiger charge is 2.65. The standard InChI is InChI=1S/C27H36N6O3/c1-15-5-7-31(11-15)18-8-16(2)24-29-23(30-33(24)12-18)25(34)28-17-9-27(10-17)6-4-21(27)32-13-19-20(14-32)22(19)26(35)36-3/h8,12,15,17,19-22H,4-7,9-11,13-14H2,1-3H3,(H,28,34). The number of anilines is 1. The molecular weight excluding hydrogens is 456 g/mol. The number of carbonyl (C=O) groups excluding carboxylic acids is 2. The van der Waals surface area contributed by atoms with Gasteiger partial charge in [-0.15, -0.1) is 5.10 Å². The number of esters is 1. The number of methoxy groups -OCH3 is 1. The summed E-state index contributed by atoms with van der Waals surface area (Å²) in [4.78, 5) is 34.5. The number of likely N-dealkylation sites (tertiary alicyclic amines) is 1. The van der Waals surface area contributed by atoms with E-state index in [0.29, 0.717) is 29.2 Å². The number of hydrogen-bond donors (Lipinski definition) is 1. The van der Waals surface area contributed by atoms with E-state index in [1.165, 1.54) is 26.4 Å². The van der Waals surface area contributed by atoms with Gasteiger partial charge in [0, 0.05) is 38.3 Å². The van der Waals surface area contributed by atoms with E-state index in [2.05, 4.69) is 38.2 Å². The zero-order valence-electron chi connectivity index (χ0n) is 21.4. The fourth-order valence-corrected chi connectivity index (χ4v) is 7.87. The predicted molar refractivity (Wildman–Crippen MR) is 134 cm³/mol. The van der Waals surface area contributed by atoms with Gasteiger partial charge in [0.1, 0.15) is 0 Å². The maximum atomic E-state index is 13.0. The van der Waals surface area contributed by atoms with Crippen molar-refractivity contribution in [1.29, 1.82) is 0 Å². The summed E-state index contributed by atoms with van der Waals surface area (Å²) < 4.78 is 6.73. The van der Waals surface area contributed by atoms with Gasteiger partial charge in [0.15, 0.2) is 5.65 Å². The Kier molecular flexibility index (Phi) is 4.94. The van der Waals surface area contributed by atoms with Crippen molar-refractivity contribution in [2.45, 2.75) is 58.0 Å². The van der Waals surface area contributed by atoms with Crippen molar-refractivity contribution in [2.24, 2.45) is 29.1 Å². The molecule has 0 radical (unpaired) electrons. The fraction of sp³-hybridized carbons (Fsp3) is 0.704. The molecule has 4 atom stereocenters. The van der Waals surface area contributed by atoms with Crippen molar-refractivity contribution in [3.8, 4) is 0 Å². The Balaban J connectivity index is 0.966. The van der Waals surface area contributed by atoms with Crippen LogP contribution < -0.4 is 10.2 Å². The molecule has 2 aromatic rings. The van der Waals surface area contributed by atoms with Crippen LogP contribution in [0.15, 0.2) is 12.3 Å². The van der Waals surface area contributed by atoms with Crippen LogP contribution in [-0.4, -0.2) is 76.7 Å². The SMILES string of the molecule is COC(=O)C1C2CN(C3CCC34CC(NC(=O)c3nc5c(C)cc(N6CCC(C)C6)cn5n3)C4)CC21. The Hall–Kier alpha value is -2.68. The van der Waals surface area contributed by atoms with E-state index in [4.69, 9.17) is 4.74 Å². The van der Waals surface area contributed by atoms with E-state index in [1.807, 2.05) is 13.1 Å². The summed E-state index contributed by atoms with van der Waals surface area (Å²) in [5, 5.41) is 7.75. The molecular formula is C27H36N6O3. The van der Waals surface area contributed by atoms with Gasteiger partial charge in [-0.3, -0.25) is 14.5 Å². The number of aryl methyl sites for hydroxylation is 1. The Morgan fingerprint density at radius 2 is 1.94 bits per heavy atom. The van der Waals surface area contributed by atoms with Crippen molar-refractivity contribution >= 4 is 23.2 Å². The molecule has 5 aliphatic rings. The second kappa shape index (κ2) is 7.91. The van der Waals surface area contributed by atoms with Gasteiger partial charge >= 0.3 is 5.97 Å². The van der Waals surface area contributed by atoms with Crippen LogP contribution >= 0.6 is 0 Å². The molecule has 3 saturated carbocycles. The minimum Gasteiger partial charge on any atom is -0.469 e. The first kappa shape index (κ1) is 22.5. The normalized spacial score (nSPS) is 37.0. The van der Waals surface area contributed by atoms with Gasteiger partial charge in [-0.1, -0.05) is 6.92 Å². The van der Waals surface area contributed by atoms with Crippen molar-refractivity contribution in [2.75, 3.05) is 38.2 Å². The molecule has 4 unspecified atom stereocenters. The van der Waals surface area contributed by atoms with Crippen LogP contribution in [0.4, 0.5) is 5.69 Å². The van der Waals surface area contributed by atoms with Gasteiger partial charge in [-0.05, 0) is 73.8 Å². The third-order valence-electron chi connectivity index (χ3n) is 10.00. The molecule has 2 aliphatic heterocycles. The number of nitrogens with one attached hydrogen (secondary N) is 1. The number of aromatic nitrogens is 3. The topological polar surface area (TPSA) is 92.1 Å². The molecule has 9 nitrogen and oxygen atoms in total. The van der Waals surface area contributed by atoms with Crippen LogP contribution in [0.25, 0.3) is 5.65 Å². The lowest BCUT2D eigenvalue weighted by atomic mass is 9.50. The number of rotatable bonds is 5. The van der Waals surface area contributed by atoms with E-state index in [0.717, 1.165) is 55.9 Å². The Morgan fingerprint density at radius 1 is 1.17 bits per heavy atom. The van der Waals surface area contributed by atoms with Crippen molar-refractivity contribution in [3.05, 3.63) is 23.7 Å². The second-order valence-electron chi connectivity index (χ2n) is 12.3. The van der Waals surface area contributed by atoms with E-state index >= 15 is 0 Å². The molecule has 1 amide bonds. The van der Waals surface area contributed by atoms with Gasteiger partial charge < -0.3 is 15.0 Å². The molecule has 0 bridgehead atoms. The van der Waals surface area contributed by atoms with Gasteiger partial charge in [0.25, 0.3) is 5.91 Å². The summed E-state index contributed by atoms with van der Waals surface area (Å²) in [6.07, 6.45) is 7.73. The molecule has 3 aliphatic carbocycles. The molecule has 1 N–H and O–H groups in total. The van der Waals surface area contributed by atoms with Crippen LogP contribution in [0, 0.1) is 36.0 Å². The molecule has 192 valence electrons. The zero-order valence-corrected chi connectivity index (χ0v) is 21.4. The first-order valence-electron chi connectivity index (χ1n) is 13.6. The lowest BCUT2D eigenvalue weighted by molar-refractivity contribution is -0.144. The highest BCUT2D eigenvalue weighted by atomic mass is 16.5. The quantitative estimate of drug-likeness (QED) is 0.640. The molecule has 9 heteroatoms. The summed E-state index contributed by atoms with van der Waals surface area (Å²) in [7, 11) is 1.49. The average molecular weight is 493 g/mol. The smallest absolute Gasteiger partial charge is 0.309 e. The Bertz CT molecular complexity index is 1220. The van der Waals surface area contributed by atoms with E-state index in [9.17, 15) is 9.59 Å². The first-order valence-corrected chi connectivity index (χ1v) is 13.6. The maximum Gasteiger partial charge on any atom is 0.309 e. The van der Waals surface area contributed by atoms with Gasteiger partial charge in [0.05, 0.1) is 24.9 Å². The number of ether oxygens (including phenoxy) is 1. The van der Waals surface area contributed by atoms with E-state index < -0.39 is 0 Å². The first-order chi connectivity index (χ1) is 17.3. The van der Waals surface area contributed by atoms with Crippen molar-refractivity contribution < 1.29 is 14.3 Å². The van der Waals surface area contributed by atoms with Crippen LogP contribution in [0.1, 0.15) is 55.2 Å². The number of carbonyl (C=O) groups is 2. The fourth-order valence-electron chi connectivity index (χ4n) is 7.87.